The number of hydrogen-bond donors (Lipinski definition) is 1. The predicted molar refractivity (Wildman–Crippen MR) is 80.2 cm³/mol. The summed E-state index contributed by atoms with van der Waals surface area (Å²) in [5, 5.41) is 3.60. The Morgan fingerprint density at radius 2 is 2.29 bits per heavy atom. The van der Waals surface area contributed by atoms with E-state index in [1.54, 1.807) is 36.9 Å². The average Bonchev–Trinajstić information content (AvgIpc) is 3.15. The Morgan fingerprint density at radius 3 is 3.00 bits per heavy atom. The second-order valence-electron chi connectivity index (χ2n) is 4.14. The fourth-order valence-electron chi connectivity index (χ4n) is 1.72. The minimum atomic E-state index is -0.274. The number of carbonyl (C=O) groups is 1. The van der Waals surface area contributed by atoms with E-state index in [9.17, 15) is 4.79 Å². The third kappa shape index (κ3) is 3.12. The molecule has 0 atom stereocenters. The average molecular weight is 320 g/mol. The normalized spacial score (nSPS) is 10.5. The number of furan rings is 1. The molecule has 106 valence electrons. The molecule has 3 aromatic heterocycles. The molecule has 0 aromatic carbocycles. The summed E-state index contributed by atoms with van der Waals surface area (Å²) in [6.45, 7) is 0.308. The molecule has 5 nitrogen and oxygen atoms in total. The topological polar surface area (TPSA) is 68.0 Å². The lowest BCUT2D eigenvalue weighted by Crippen LogP contribution is -2.21. The van der Waals surface area contributed by atoms with E-state index in [2.05, 4.69) is 15.3 Å². The predicted octanol–water partition coefficient (Wildman–Crippen LogP) is 3.38. The minimum Gasteiger partial charge on any atom is -0.467 e. The van der Waals surface area contributed by atoms with E-state index < -0.39 is 0 Å². The van der Waals surface area contributed by atoms with Crippen LogP contribution >= 0.6 is 22.9 Å². The van der Waals surface area contributed by atoms with Crippen molar-refractivity contribution < 1.29 is 9.21 Å². The maximum atomic E-state index is 12.1. The second kappa shape index (κ2) is 6.07. The van der Waals surface area contributed by atoms with Crippen molar-refractivity contribution in [3.8, 4) is 10.6 Å². The van der Waals surface area contributed by atoms with Crippen LogP contribution in [-0.2, 0) is 6.54 Å². The molecule has 0 unspecified atom stereocenters. The Kier molecular flexibility index (Phi) is 3.98. The van der Waals surface area contributed by atoms with Gasteiger partial charge in [0, 0.05) is 18.0 Å². The van der Waals surface area contributed by atoms with Crippen LogP contribution in [-0.4, -0.2) is 15.9 Å². The highest BCUT2D eigenvalue weighted by molar-refractivity contribution is 7.17. The van der Waals surface area contributed by atoms with Crippen molar-refractivity contribution in [1.29, 1.82) is 0 Å². The zero-order valence-corrected chi connectivity index (χ0v) is 12.3. The molecule has 3 aromatic rings. The summed E-state index contributed by atoms with van der Waals surface area (Å²) in [5.74, 6) is 0.403. The molecule has 0 aliphatic carbocycles. The van der Waals surface area contributed by atoms with Crippen LogP contribution in [0.2, 0.25) is 5.15 Å². The highest BCUT2D eigenvalue weighted by atomic mass is 35.5. The van der Waals surface area contributed by atoms with Crippen molar-refractivity contribution in [2.24, 2.45) is 0 Å². The molecule has 3 rings (SSSR count). The van der Waals surface area contributed by atoms with Crippen molar-refractivity contribution in [2.45, 2.75) is 6.54 Å². The first-order chi connectivity index (χ1) is 10.2. The molecule has 0 aliphatic rings. The number of rotatable bonds is 4. The summed E-state index contributed by atoms with van der Waals surface area (Å²) in [5.41, 5.74) is 0.828. The van der Waals surface area contributed by atoms with Gasteiger partial charge >= 0.3 is 0 Å². The third-order valence-corrected chi connectivity index (χ3v) is 4.19. The first kappa shape index (κ1) is 13.8. The highest BCUT2D eigenvalue weighted by Crippen LogP contribution is 2.30. The maximum Gasteiger partial charge on any atom is 0.264 e. The van der Waals surface area contributed by atoms with Gasteiger partial charge in [-0.1, -0.05) is 11.6 Å². The first-order valence-electron chi connectivity index (χ1n) is 6.11. The fraction of sp³-hybridized carbons (Fsp3) is 0.0714. The number of pyridine rings is 1. The Morgan fingerprint density at radius 1 is 1.38 bits per heavy atom. The molecule has 0 spiro atoms. The van der Waals surface area contributed by atoms with Gasteiger partial charge in [0.25, 0.3) is 5.91 Å². The van der Waals surface area contributed by atoms with E-state index in [0.29, 0.717) is 22.2 Å². The third-order valence-electron chi connectivity index (χ3n) is 2.70. The number of hydrogen-bond acceptors (Lipinski definition) is 5. The van der Waals surface area contributed by atoms with E-state index in [4.69, 9.17) is 16.0 Å². The lowest BCUT2D eigenvalue weighted by molar-refractivity contribution is 0.0952. The van der Waals surface area contributed by atoms with Gasteiger partial charge in [-0.2, -0.15) is 0 Å². The zero-order valence-electron chi connectivity index (χ0n) is 10.7. The summed E-state index contributed by atoms with van der Waals surface area (Å²) in [4.78, 5) is 20.7. The van der Waals surface area contributed by atoms with Gasteiger partial charge in [-0.15, -0.1) is 11.3 Å². The van der Waals surface area contributed by atoms with Gasteiger partial charge in [0.1, 0.15) is 15.6 Å². The highest BCUT2D eigenvalue weighted by Gasteiger charge is 2.17. The van der Waals surface area contributed by atoms with Crippen molar-refractivity contribution in [3.05, 3.63) is 58.7 Å². The van der Waals surface area contributed by atoms with Crippen LogP contribution < -0.4 is 5.32 Å². The number of nitrogens with one attached hydrogen (secondary N) is 1. The van der Waals surface area contributed by atoms with E-state index in [1.165, 1.54) is 11.3 Å². The van der Waals surface area contributed by atoms with E-state index in [-0.39, 0.29) is 11.1 Å². The van der Waals surface area contributed by atoms with Crippen LogP contribution in [0.4, 0.5) is 0 Å². The summed E-state index contributed by atoms with van der Waals surface area (Å²) >= 11 is 7.28. The molecule has 0 bridgehead atoms. The molecule has 0 aliphatic heterocycles. The Balaban J connectivity index is 1.76. The molecule has 1 amide bonds. The molecule has 0 saturated carbocycles. The van der Waals surface area contributed by atoms with Gasteiger partial charge in [-0.25, -0.2) is 4.98 Å². The van der Waals surface area contributed by atoms with Crippen molar-refractivity contribution in [2.75, 3.05) is 0 Å². The molecule has 21 heavy (non-hydrogen) atoms. The summed E-state index contributed by atoms with van der Waals surface area (Å²) in [6, 6.07) is 7.23. The summed E-state index contributed by atoms with van der Waals surface area (Å²) in [6.07, 6.45) is 4.91. The second-order valence-corrected chi connectivity index (χ2v) is 5.50. The van der Waals surface area contributed by atoms with Gasteiger partial charge in [0.15, 0.2) is 5.15 Å². The zero-order chi connectivity index (χ0) is 14.7. The monoisotopic (exact) mass is 319 g/mol. The van der Waals surface area contributed by atoms with Gasteiger partial charge in [0.2, 0.25) is 0 Å². The Bertz CT molecular complexity index is 741. The van der Waals surface area contributed by atoms with Gasteiger partial charge in [0.05, 0.1) is 12.8 Å². The summed E-state index contributed by atoms with van der Waals surface area (Å²) in [7, 11) is 0. The SMILES string of the molecule is O=C(NCc1ccco1)c1sc(-c2cccnc2)nc1Cl. The van der Waals surface area contributed by atoms with Crippen LogP contribution in [0.25, 0.3) is 10.6 Å². The molecule has 7 heteroatoms. The number of amides is 1. The van der Waals surface area contributed by atoms with Crippen LogP contribution in [0.15, 0.2) is 47.3 Å². The molecule has 0 radical (unpaired) electrons. The number of thiazole rings is 1. The van der Waals surface area contributed by atoms with Crippen LogP contribution in [0, 0.1) is 0 Å². The fourth-order valence-corrected chi connectivity index (χ4v) is 2.91. The number of halogens is 1. The van der Waals surface area contributed by atoms with Crippen molar-refractivity contribution in [3.63, 3.8) is 0 Å². The molecular weight excluding hydrogens is 310 g/mol. The standard InChI is InChI=1S/C14H10ClN3O2S/c15-12-11(13(19)17-8-10-4-2-6-20-10)21-14(18-12)9-3-1-5-16-7-9/h1-7H,8H2,(H,17,19). The number of nitrogens with zero attached hydrogens (tertiary/aromatic N) is 2. The van der Waals surface area contributed by atoms with Crippen LogP contribution in [0.3, 0.4) is 0 Å². The smallest absolute Gasteiger partial charge is 0.264 e. The molecular formula is C14H10ClN3O2S. The first-order valence-corrected chi connectivity index (χ1v) is 7.31. The minimum absolute atomic E-state index is 0.191. The molecule has 3 heterocycles. The van der Waals surface area contributed by atoms with Crippen molar-refractivity contribution >= 4 is 28.8 Å². The maximum absolute atomic E-state index is 12.1. The van der Waals surface area contributed by atoms with Gasteiger partial charge < -0.3 is 9.73 Å². The van der Waals surface area contributed by atoms with E-state index >= 15 is 0 Å². The number of aromatic nitrogens is 2. The van der Waals surface area contributed by atoms with E-state index in [0.717, 1.165) is 5.56 Å². The molecule has 1 N–H and O–H groups in total. The molecule has 0 fully saturated rings. The van der Waals surface area contributed by atoms with Crippen molar-refractivity contribution in [1.82, 2.24) is 15.3 Å². The largest absolute Gasteiger partial charge is 0.467 e. The van der Waals surface area contributed by atoms with Gasteiger partial charge in [-0.3, -0.25) is 9.78 Å². The lowest BCUT2D eigenvalue weighted by Gasteiger charge is -2.00. The van der Waals surface area contributed by atoms with E-state index in [1.807, 2.05) is 6.07 Å². The number of carbonyl (C=O) groups excluding carboxylic acids is 1. The van der Waals surface area contributed by atoms with Crippen LogP contribution in [0.5, 0.6) is 0 Å². The quantitative estimate of drug-likeness (QED) is 0.800. The summed E-state index contributed by atoms with van der Waals surface area (Å²) < 4.78 is 5.16. The van der Waals surface area contributed by atoms with Crippen LogP contribution in [0.1, 0.15) is 15.4 Å². The lowest BCUT2D eigenvalue weighted by atomic mass is 10.3. The molecule has 0 saturated heterocycles. The Hall–Kier alpha value is -2.18. The van der Waals surface area contributed by atoms with Gasteiger partial charge in [-0.05, 0) is 24.3 Å². The Labute approximate surface area is 129 Å².